The topological polar surface area (TPSA) is 50.8 Å². The second-order valence-corrected chi connectivity index (χ2v) is 7.40. The van der Waals surface area contributed by atoms with Crippen LogP contribution < -0.4 is 5.32 Å². The van der Waals surface area contributed by atoms with E-state index < -0.39 is 0 Å². The maximum Gasteiger partial charge on any atom is 0.251 e. The van der Waals surface area contributed by atoms with Gasteiger partial charge in [-0.05, 0) is 50.8 Å². The average Bonchev–Trinajstić information content (AvgIpc) is 3.02. The van der Waals surface area contributed by atoms with E-state index in [0.717, 1.165) is 57.7 Å². The normalized spacial score (nSPS) is 24.6. The van der Waals surface area contributed by atoms with Crippen LogP contribution >= 0.6 is 0 Å². The number of carbonyl (C=O) groups excluding carboxylic acids is 1. The predicted octanol–water partition coefficient (Wildman–Crippen LogP) is 2.25. The summed E-state index contributed by atoms with van der Waals surface area (Å²) in [7, 11) is 0. The van der Waals surface area contributed by atoms with Gasteiger partial charge in [-0.1, -0.05) is 12.1 Å². The minimum Gasteiger partial charge on any atom is -0.379 e. The third-order valence-electron chi connectivity index (χ3n) is 4.83. The zero-order valence-electron chi connectivity index (χ0n) is 15.4. The van der Waals surface area contributed by atoms with Gasteiger partial charge in [0.25, 0.3) is 5.91 Å². The molecule has 2 aliphatic heterocycles. The third kappa shape index (κ3) is 5.53. The van der Waals surface area contributed by atoms with Crippen LogP contribution in [0.3, 0.4) is 0 Å². The van der Waals surface area contributed by atoms with E-state index in [1.54, 1.807) is 0 Å². The van der Waals surface area contributed by atoms with Gasteiger partial charge < -0.3 is 14.8 Å². The van der Waals surface area contributed by atoms with Crippen LogP contribution in [-0.4, -0.2) is 61.9 Å². The standard InChI is InChI=1S/C20H30N2O3/c1-15(2)21-20(23)17-5-3-4-16(12-17)13-18-6-7-19(25-18)14-22-8-10-24-11-9-22/h3-5,12,15,18-19H,6-11,13-14H2,1-2H3,(H,21,23)/t18-,19+/m0/s1. The maximum absolute atomic E-state index is 12.2. The molecule has 3 rings (SSSR count). The van der Waals surface area contributed by atoms with Gasteiger partial charge in [-0.2, -0.15) is 0 Å². The van der Waals surface area contributed by atoms with Crippen LogP contribution in [0.25, 0.3) is 0 Å². The quantitative estimate of drug-likeness (QED) is 0.858. The Morgan fingerprint density at radius 2 is 2.00 bits per heavy atom. The molecule has 2 fully saturated rings. The Kier molecular flexibility index (Phi) is 6.45. The summed E-state index contributed by atoms with van der Waals surface area (Å²) < 4.78 is 11.7. The van der Waals surface area contributed by atoms with Gasteiger partial charge in [-0.25, -0.2) is 0 Å². The number of nitrogens with one attached hydrogen (secondary N) is 1. The van der Waals surface area contributed by atoms with Gasteiger partial charge in [0.05, 0.1) is 25.4 Å². The highest BCUT2D eigenvalue weighted by atomic mass is 16.5. The lowest BCUT2D eigenvalue weighted by atomic mass is 10.0. The summed E-state index contributed by atoms with van der Waals surface area (Å²) in [6, 6.07) is 8.07. The maximum atomic E-state index is 12.2. The molecule has 0 bridgehead atoms. The molecule has 138 valence electrons. The summed E-state index contributed by atoms with van der Waals surface area (Å²) in [5.41, 5.74) is 1.91. The van der Waals surface area contributed by atoms with Gasteiger partial charge in [0, 0.05) is 31.2 Å². The molecule has 1 amide bonds. The summed E-state index contributed by atoms with van der Waals surface area (Å²) in [5, 5.41) is 2.95. The van der Waals surface area contributed by atoms with Crippen LogP contribution in [0, 0.1) is 0 Å². The molecule has 2 aliphatic rings. The number of rotatable bonds is 6. The number of hydrogen-bond donors (Lipinski definition) is 1. The van der Waals surface area contributed by atoms with E-state index in [0.29, 0.717) is 6.10 Å². The van der Waals surface area contributed by atoms with Crippen molar-refractivity contribution < 1.29 is 14.3 Å². The van der Waals surface area contributed by atoms with E-state index in [9.17, 15) is 4.79 Å². The van der Waals surface area contributed by atoms with Crippen molar-refractivity contribution in [3.63, 3.8) is 0 Å². The second-order valence-electron chi connectivity index (χ2n) is 7.40. The molecule has 0 unspecified atom stereocenters. The largest absolute Gasteiger partial charge is 0.379 e. The first-order valence-electron chi connectivity index (χ1n) is 9.45. The summed E-state index contributed by atoms with van der Waals surface area (Å²) >= 11 is 0. The Bertz CT molecular complexity index is 570. The van der Waals surface area contributed by atoms with Gasteiger partial charge in [-0.3, -0.25) is 9.69 Å². The summed E-state index contributed by atoms with van der Waals surface area (Å²) in [4.78, 5) is 14.6. The van der Waals surface area contributed by atoms with Crippen molar-refractivity contribution in [3.05, 3.63) is 35.4 Å². The number of amides is 1. The van der Waals surface area contributed by atoms with E-state index in [4.69, 9.17) is 9.47 Å². The summed E-state index contributed by atoms with van der Waals surface area (Å²) in [6.45, 7) is 8.65. The monoisotopic (exact) mass is 346 g/mol. The van der Waals surface area contributed by atoms with Crippen molar-refractivity contribution in [2.45, 2.75) is 51.4 Å². The van der Waals surface area contributed by atoms with E-state index in [-0.39, 0.29) is 18.1 Å². The molecule has 2 saturated heterocycles. The molecule has 5 nitrogen and oxygen atoms in total. The molecule has 0 radical (unpaired) electrons. The number of carbonyl (C=O) groups is 1. The average molecular weight is 346 g/mol. The molecule has 0 saturated carbocycles. The highest BCUT2D eigenvalue weighted by Gasteiger charge is 2.27. The van der Waals surface area contributed by atoms with Crippen molar-refractivity contribution in [3.8, 4) is 0 Å². The van der Waals surface area contributed by atoms with Gasteiger partial charge in [0.15, 0.2) is 0 Å². The Hall–Kier alpha value is -1.43. The van der Waals surface area contributed by atoms with E-state index in [1.165, 1.54) is 5.56 Å². The molecular formula is C20H30N2O3. The third-order valence-corrected chi connectivity index (χ3v) is 4.83. The fourth-order valence-corrected chi connectivity index (χ4v) is 3.58. The smallest absolute Gasteiger partial charge is 0.251 e. The lowest BCUT2D eigenvalue weighted by molar-refractivity contribution is -0.0109. The van der Waals surface area contributed by atoms with Crippen LogP contribution in [0.15, 0.2) is 24.3 Å². The van der Waals surface area contributed by atoms with Gasteiger partial charge in [0.2, 0.25) is 0 Å². The van der Waals surface area contributed by atoms with E-state index >= 15 is 0 Å². The minimum atomic E-state index is -0.00520. The number of nitrogens with zero attached hydrogens (tertiary/aromatic N) is 1. The molecule has 5 heteroatoms. The highest BCUT2D eigenvalue weighted by Crippen LogP contribution is 2.24. The van der Waals surface area contributed by atoms with Crippen LogP contribution in [0.4, 0.5) is 0 Å². The Balaban J connectivity index is 1.50. The van der Waals surface area contributed by atoms with Crippen molar-refractivity contribution in [1.29, 1.82) is 0 Å². The molecule has 25 heavy (non-hydrogen) atoms. The lowest BCUT2D eigenvalue weighted by Crippen LogP contribution is -2.41. The highest BCUT2D eigenvalue weighted by molar-refractivity contribution is 5.94. The molecule has 0 spiro atoms. The first-order chi connectivity index (χ1) is 12.1. The van der Waals surface area contributed by atoms with Crippen LogP contribution in [0.2, 0.25) is 0 Å². The molecule has 0 aliphatic carbocycles. The van der Waals surface area contributed by atoms with Crippen LogP contribution in [0.1, 0.15) is 42.6 Å². The first-order valence-corrected chi connectivity index (χ1v) is 9.45. The zero-order chi connectivity index (χ0) is 17.6. The van der Waals surface area contributed by atoms with E-state index in [1.807, 2.05) is 32.0 Å². The van der Waals surface area contributed by atoms with Crippen molar-refractivity contribution in [1.82, 2.24) is 10.2 Å². The molecule has 0 aromatic heterocycles. The van der Waals surface area contributed by atoms with E-state index in [2.05, 4.69) is 16.3 Å². The molecule has 2 heterocycles. The zero-order valence-corrected chi connectivity index (χ0v) is 15.4. The summed E-state index contributed by atoms with van der Waals surface area (Å²) in [6.07, 6.45) is 3.68. The van der Waals surface area contributed by atoms with Crippen molar-refractivity contribution in [2.24, 2.45) is 0 Å². The molecule has 1 aromatic rings. The molecular weight excluding hydrogens is 316 g/mol. The number of ether oxygens (including phenoxy) is 2. The predicted molar refractivity (Wildman–Crippen MR) is 97.9 cm³/mol. The van der Waals surface area contributed by atoms with Crippen molar-refractivity contribution in [2.75, 3.05) is 32.8 Å². The van der Waals surface area contributed by atoms with Crippen LogP contribution in [0.5, 0.6) is 0 Å². The second kappa shape index (κ2) is 8.79. The van der Waals surface area contributed by atoms with Crippen LogP contribution in [-0.2, 0) is 15.9 Å². The SMILES string of the molecule is CC(C)NC(=O)c1cccc(C[C@@H]2CC[C@H](CN3CCOCC3)O2)c1. The Morgan fingerprint density at radius 3 is 2.76 bits per heavy atom. The number of benzene rings is 1. The first kappa shape index (κ1) is 18.4. The lowest BCUT2D eigenvalue weighted by Gasteiger charge is -2.28. The van der Waals surface area contributed by atoms with Gasteiger partial charge in [0.1, 0.15) is 0 Å². The fourth-order valence-electron chi connectivity index (χ4n) is 3.58. The van der Waals surface area contributed by atoms with Crippen molar-refractivity contribution >= 4 is 5.91 Å². The Morgan fingerprint density at radius 1 is 1.24 bits per heavy atom. The fraction of sp³-hybridized carbons (Fsp3) is 0.650. The van der Waals surface area contributed by atoms with Gasteiger partial charge in [-0.15, -0.1) is 0 Å². The number of hydrogen-bond acceptors (Lipinski definition) is 4. The Labute approximate surface area is 150 Å². The molecule has 1 N–H and O–H groups in total. The minimum absolute atomic E-state index is 0.00520. The molecule has 2 atom stereocenters. The molecule has 1 aromatic carbocycles. The number of morpholine rings is 1. The summed E-state index contributed by atoms with van der Waals surface area (Å²) in [5.74, 6) is -0.00520. The van der Waals surface area contributed by atoms with Gasteiger partial charge >= 0.3 is 0 Å².